The van der Waals surface area contributed by atoms with Crippen LogP contribution in [0.15, 0.2) is 62.8 Å². The van der Waals surface area contributed by atoms with Crippen molar-refractivity contribution in [2.45, 2.75) is 64.0 Å². The van der Waals surface area contributed by atoms with E-state index in [4.69, 9.17) is 4.52 Å². The molecule has 1 aromatic carbocycles. The Morgan fingerprint density at radius 3 is 2.51 bits per heavy atom. The third-order valence-corrected chi connectivity index (χ3v) is 8.09. The molecule has 0 aliphatic carbocycles. The van der Waals surface area contributed by atoms with Crippen LogP contribution in [-0.4, -0.2) is 55.9 Å². The maximum Gasteiger partial charge on any atom is 0.256 e. The van der Waals surface area contributed by atoms with Gasteiger partial charge in [0.1, 0.15) is 11.7 Å². The van der Waals surface area contributed by atoms with E-state index >= 15 is 0 Å². The molecule has 0 unspecified atom stereocenters. The minimum atomic E-state index is -0.891. The highest BCUT2D eigenvalue weighted by Gasteiger charge is 2.48. The van der Waals surface area contributed by atoms with Crippen LogP contribution in [-0.2, 0) is 22.1 Å². The summed E-state index contributed by atoms with van der Waals surface area (Å²) < 4.78 is 7.04. The van der Waals surface area contributed by atoms with Gasteiger partial charge in [0, 0.05) is 44.3 Å². The molecule has 204 valence electrons. The summed E-state index contributed by atoms with van der Waals surface area (Å²) in [6, 6.07) is 14.0. The number of amides is 2. The predicted molar refractivity (Wildman–Crippen MR) is 146 cm³/mol. The average molecular weight is 531 g/mol. The van der Waals surface area contributed by atoms with Crippen LogP contribution in [0.3, 0.4) is 0 Å². The van der Waals surface area contributed by atoms with Crippen LogP contribution >= 0.6 is 0 Å². The molecule has 0 spiro atoms. The number of aliphatic imine (C=N–C) groups is 1. The Labute approximate surface area is 227 Å². The number of hydrogen-bond donors (Lipinski definition) is 1. The second-order valence-electron chi connectivity index (χ2n) is 11.3. The zero-order valence-corrected chi connectivity index (χ0v) is 22.9. The lowest BCUT2D eigenvalue weighted by atomic mass is 9.78. The van der Waals surface area contributed by atoms with Crippen LogP contribution in [0.2, 0.25) is 0 Å². The third-order valence-electron chi connectivity index (χ3n) is 8.09. The Kier molecular flexibility index (Phi) is 6.88. The highest BCUT2D eigenvalue weighted by molar-refractivity contribution is 6.11. The SMILES string of the molecule is Cc1cc([C@@H](C(=O)N2C[C@H](O)C[C@H]2C2=NC(=O)[C@@](C)(c3ccc(-c4cccc(=O)n4C)cc3)C2)C(C)C)on1. The molecular weight excluding hydrogens is 496 g/mol. The van der Waals surface area contributed by atoms with Crippen molar-refractivity contribution >= 4 is 17.5 Å². The molecule has 2 aliphatic rings. The van der Waals surface area contributed by atoms with Crippen molar-refractivity contribution in [3.05, 3.63) is 75.9 Å². The first kappa shape index (κ1) is 26.7. The number of pyridine rings is 1. The second kappa shape index (κ2) is 10.0. The Morgan fingerprint density at radius 2 is 1.87 bits per heavy atom. The summed E-state index contributed by atoms with van der Waals surface area (Å²) in [6.07, 6.45) is -0.0243. The van der Waals surface area contributed by atoms with Gasteiger partial charge in [-0.1, -0.05) is 49.3 Å². The van der Waals surface area contributed by atoms with Gasteiger partial charge in [-0.05, 0) is 37.0 Å². The van der Waals surface area contributed by atoms with Crippen molar-refractivity contribution in [2.75, 3.05) is 6.54 Å². The van der Waals surface area contributed by atoms with Gasteiger partial charge in [-0.15, -0.1) is 0 Å². The highest BCUT2D eigenvalue weighted by atomic mass is 16.5. The molecule has 0 radical (unpaired) electrons. The van der Waals surface area contributed by atoms with Crippen LogP contribution in [0.1, 0.15) is 56.5 Å². The van der Waals surface area contributed by atoms with E-state index in [0.717, 1.165) is 16.8 Å². The average Bonchev–Trinajstić information content (AvgIpc) is 3.58. The molecule has 2 aromatic heterocycles. The van der Waals surface area contributed by atoms with Gasteiger partial charge in [-0.3, -0.25) is 14.4 Å². The number of benzene rings is 1. The van der Waals surface area contributed by atoms with Crippen molar-refractivity contribution in [1.82, 2.24) is 14.6 Å². The van der Waals surface area contributed by atoms with E-state index in [0.29, 0.717) is 30.0 Å². The van der Waals surface area contributed by atoms with Crippen molar-refractivity contribution in [3.63, 3.8) is 0 Å². The molecule has 9 nitrogen and oxygen atoms in total. The van der Waals surface area contributed by atoms with Crippen molar-refractivity contribution < 1.29 is 19.2 Å². The predicted octanol–water partition coefficient (Wildman–Crippen LogP) is 3.38. The molecule has 2 aliphatic heterocycles. The van der Waals surface area contributed by atoms with Gasteiger partial charge in [-0.2, -0.15) is 0 Å². The molecule has 4 heterocycles. The van der Waals surface area contributed by atoms with Crippen molar-refractivity contribution in [2.24, 2.45) is 18.0 Å². The number of rotatable bonds is 6. The van der Waals surface area contributed by atoms with Crippen LogP contribution in [0.25, 0.3) is 11.3 Å². The molecule has 1 saturated heterocycles. The Morgan fingerprint density at radius 1 is 1.15 bits per heavy atom. The summed E-state index contributed by atoms with van der Waals surface area (Å²) in [7, 11) is 1.73. The normalized spacial score (nSPS) is 23.9. The number of β-amino-alcohol motifs (C(OH)–C–C–N with tert-alkyl or cyclic N) is 1. The lowest BCUT2D eigenvalue weighted by Crippen LogP contribution is -2.44. The molecular formula is C30H34N4O5. The number of aryl methyl sites for hydroxylation is 1. The number of aliphatic hydroxyl groups excluding tert-OH is 1. The largest absolute Gasteiger partial charge is 0.391 e. The standard InChI is InChI=1S/C30H34N4O5/c1-17(2)27(25-13-18(3)32-39-25)28(37)34-16-21(35)14-24(34)22-15-30(4,29(38)31-22)20-11-9-19(10-12-20)23-7-6-8-26(36)33(23)5/h6-13,17,21,24,27,35H,14-16H2,1-5H3/t21-,24+,27+,30-/m1/s1. The number of carbonyl (C=O) groups excluding carboxylic acids is 2. The molecule has 2 amide bonds. The summed E-state index contributed by atoms with van der Waals surface area (Å²) in [5.41, 5.74) is 2.78. The summed E-state index contributed by atoms with van der Waals surface area (Å²) >= 11 is 0. The van der Waals surface area contributed by atoms with Gasteiger partial charge in [0.15, 0.2) is 0 Å². The zero-order valence-electron chi connectivity index (χ0n) is 22.9. The Bertz CT molecular complexity index is 1500. The fourth-order valence-corrected chi connectivity index (χ4v) is 5.83. The topological polar surface area (TPSA) is 118 Å². The van der Waals surface area contributed by atoms with E-state index in [9.17, 15) is 19.5 Å². The fraction of sp³-hybridized carbons (Fsp3) is 0.433. The summed E-state index contributed by atoms with van der Waals surface area (Å²) in [6.45, 7) is 7.75. The number of likely N-dealkylation sites (tertiary alicyclic amines) is 1. The molecule has 3 aromatic rings. The first-order valence-electron chi connectivity index (χ1n) is 13.3. The Balaban J connectivity index is 1.40. The van der Waals surface area contributed by atoms with Gasteiger partial charge >= 0.3 is 0 Å². The van der Waals surface area contributed by atoms with E-state index in [1.54, 1.807) is 28.6 Å². The summed E-state index contributed by atoms with van der Waals surface area (Å²) in [5, 5.41) is 14.5. The molecule has 9 heteroatoms. The first-order chi connectivity index (χ1) is 18.5. The van der Waals surface area contributed by atoms with Crippen molar-refractivity contribution in [1.29, 1.82) is 0 Å². The number of hydrogen-bond acceptors (Lipinski definition) is 6. The monoisotopic (exact) mass is 530 g/mol. The van der Waals surface area contributed by atoms with Gasteiger partial charge < -0.3 is 19.1 Å². The number of aromatic nitrogens is 2. The molecule has 0 bridgehead atoms. The first-order valence-corrected chi connectivity index (χ1v) is 13.3. The van der Waals surface area contributed by atoms with E-state index in [-0.39, 0.29) is 29.8 Å². The summed E-state index contributed by atoms with van der Waals surface area (Å²) in [5.74, 6) is -0.535. The maximum atomic E-state index is 13.8. The number of aliphatic hydroxyl groups is 1. The molecule has 1 N–H and O–H groups in total. The van der Waals surface area contributed by atoms with E-state index in [1.807, 2.05) is 58.0 Å². The minimum absolute atomic E-state index is 0.0525. The quantitative estimate of drug-likeness (QED) is 0.522. The minimum Gasteiger partial charge on any atom is -0.391 e. The number of nitrogens with zero attached hydrogens (tertiary/aromatic N) is 4. The maximum absolute atomic E-state index is 13.8. The lowest BCUT2D eigenvalue weighted by molar-refractivity contribution is -0.134. The summed E-state index contributed by atoms with van der Waals surface area (Å²) in [4.78, 5) is 45.3. The molecule has 1 fully saturated rings. The zero-order chi connectivity index (χ0) is 28.1. The van der Waals surface area contributed by atoms with Crippen LogP contribution in [0, 0.1) is 12.8 Å². The second-order valence-corrected chi connectivity index (χ2v) is 11.3. The molecule has 5 rings (SSSR count). The highest BCUT2D eigenvalue weighted by Crippen LogP contribution is 2.39. The molecule has 4 atom stereocenters. The van der Waals surface area contributed by atoms with Crippen LogP contribution in [0.4, 0.5) is 0 Å². The third kappa shape index (κ3) is 4.76. The molecule has 0 saturated carbocycles. The molecule has 39 heavy (non-hydrogen) atoms. The van der Waals surface area contributed by atoms with Gasteiger partial charge in [0.25, 0.3) is 11.5 Å². The Hall–Kier alpha value is -3.85. The van der Waals surface area contributed by atoms with Crippen LogP contribution in [0.5, 0.6) is 0 Å². The van der Waals surface area contributed by atoms with Crippen molar-refractivity contribution in [3.8, 4) is 11.3 Å². The number of carbonyl (C=O) groups is 2. The lowest BCUT2D eigenvalue weighted by Gasteiger charge is -2.30. The van der Waals surface area contributed by atoms with E-state index in [1.165, 1.54) is 6.07 Å². The van der Waals surface area contributed by atoms with E-state index < -0.39 is 23.5 Å². The van der Waals surface area contributed by atoms with Gasteiger partial charge in [-0.25, -0.2) is 4.99 Å². The van der Waals surface area contributed by atoms with Crippen LogP contribution < -0.4 is 5.56 Å². The van der Waals surface area contributed by atoms with E-state index in [2.05, 4.69) is 10.1 Å². The van der Waals surface area contributed by atoms with Gasteiger partial charge in [0.2, 0.25) is 5.91 Å². The fourth-order valence-electron chi connectivity index (χ4n) is 5.83. The smallest absolute Gasteiger partial charge is 0.256 e. The van der Waals surface area contributed by atoms with Gasteiger partial charge in [0.05, 0.1) is 28.9 Å².